The molecule has 90 heavy (non-hydrogen) atoms. The monoisotopic (exact) mass is 1290 g/mol. The summed E-state index contributed by atoms with van der Waals surface area (Å²) in [5.41, 5.74) is -1.55. The molecule has 13 N–H and O–H groups in total. The molecule has 0 radical (unpaired) electrons. The third kappa shape index (κ3) is 29.5. The van der Waals surface area contributed by atoms with Gasteiger partial charge in [-0.1, -0.05) is 112 Å². The van der Waals surface area contributed by atoms with Crippen LogP contribution in [0.3, 0.4) is 0 Å². The minimum atomic E-state index is -2.53. The molecule has 0 aliphatic carbocycles. The second-order valence-electron chi connectivity index (χ2n) is 22.8. The normalized spacial score (nSPS) is 14.2. The van der Waals surface area contributed by atoms with Gasteiger partial charge in [-0.3, -0.25) is 57.5 Å². The summed E-state index contributed by atoms with van der Waals surface area (Å²) in [7, 11) is 0. The molecule has 1 aromatic carbocycles. The number of halogens is 5. The van der Waals surface area contributed by atoms with Crippen molar-refractivity contribution in [1.29, 1.82) is 0 Å². The van der Waals surface area contributed by atoms with E-state index in [0.717, 1.165) is 52.9 Å². The van der Waals surface area contributed by atoms with Gasteiger partial charge in [-0.2, -0.15) is 0 Å². The summed E-state index contributed by atoms with van der Waals surface area (Å²) in [6.07, 6.45) is 8.60. The molecule has 0 unspecified atom stereocenters. The quantitative estimate of drug-likeness (QED) is 0.0191. The predicted molar refractivity (Wildman–Crippen MR) is 313 cm³/mol. The number of unbranched alkanes of at least 4 members (excludes halogenated alkanes) is 12. The van der Waals surface area contributed by atoms with Crippen LogP contribution in [0.25, 0.3) is 0 Å². The summed E-state index contributed by atoms with van der Waals surface area (Å²) < 4.78 is 73.4. The molecule has 0 fully saturated rings. The van der Waals surface area contributed by atoms with E-state index in [2.05, 4.69) is 49.5 Å². The molecule has 0 bridgehead atoms. The lowest BCUT2D eigenvalue weighted by Gasteiger charge is -2.29. The first kappa shape index (κ1) is 80.0. The standard InChI is InChI=1S/C59H90F5N9O17/c1-9-10-11-12-13-14-15-16-17-18-19-20-21-22-40(74)72-49(30(2)3)58(88)73-50(31(4)5)57(87)71-39(29-35-44(60)46(62)48(64)47(63)45(35)61)56(86)67-33(7)52(82)65-32(6)51(81)66-34(8)53(83)68-36(23-26-41(75)76)54(84)69-37(24-27-42(77)78)55(85)70-38(59(89)90)25-28-43(79)80/h30-34,36-39,49-50H,9-29H2,1-8H3,(H,65,82)(H,66,81)(H,67,86)(H,68,83)(H,69,84)(H,70,85)(H,71,87)(H,72,74)(H,73,88)(H,75,76)(H,77,78)(H,79,80)(H,89,90)/t32-,33-,34-,36-,37-,38-,39-,49-,50-/m0/s1. The Kier molecular flexibility index (Phi) is 36.7. The molecule has 26 nitrogen and oxygen atoms in total. The van der Waals surface area contributed by atoms with Crippen LogP contribution < -0.4 is 47.9 Å². The van der Waals surface area contributed by atoms with Crippen LogP contribution in [0.2, 0.25) is 0 Å². The summed E-state index contributed by atoms with van der Waals surface area (Å²) >= 11 is 0. The predicted octanol–water partition coefficient (Wildman–Crippen LogP) is 3.82. The van der Waals surface area contributed by atoms with Crippen molar-refractivity contribution in [2.45, 2.75) is 245 Å². The Balaban J connectivity index is 3.24. The average molecular weight is 1290 g/mol. The number of amides is 9. The maximum absolute atomic E-state index is 15.2. The van der Waals surface area contributed by atoms with Crippen molar-refractivity contribution in [3.05, 3.63) is 34.6 Å². The van der Waals surface area contributed by atoms with Gasteiger partial charge in [0.15, 0.2) is 23.3 Å². The molecule has 0 aliphatic rings. The fourth-order valence-electron chi connectivity index (χ4n) is 8.99. The topological polar surface area (TPSA) is 411 Å². The second-order valence-corrected chi connectivity index (χ2v) is 22.8. The third-order valence-electron chi connectivity index (χ3n) is 14.4. The van der Waals surface area contributed by atoms with Crippen molar-refractivity contribution in [3.8, 4) is 0 Å². The van der Waals surface area contributed by atoms with Gasteiger partial charge in [-0.15, -0.1) is 0 Å². The van der Waals surface area contributed by atoms with Crippen LogP contribution in [-0.4, -0.2) is 152 Å². The lowest BCUT2D eigenvalue weighted by molar-refractivity contribution is -0.144. The van der Waals surface area contributed by atoms with Crippen molar-refractivity contribution in [2.24, 2.45) is 11.8 Å². The fourth-order valence-corrected chi connectivity index (χ4v) is 8.99. The summed E-state index contributed by atoms with van der Waals surface area (Å²) in [5.74, 6) is -29.4. The number of carbonyl (C=O) groups is 13. The van der Waals surface area contributed by atoms with Gasteiger partial charge in [0.1, 0.15) is 54.4 Å². The number of nitrogens with one attached hydrogen (secondary N) is 9. The molecule has 9 atom stereocenters. The molecule has 31 heteroatoms. The van der Waals surface area contributed by atoms with Crippen molar-refractivity contribution in [1.82, 2.24) is 47.9 Å². The fraction of sp³-hybridized carbons (Fsp3) is 0.678. The first-order chi connectivity index (χ1) is 42.1. The van der Waals surface area contributed by atoms with Crippen molar-refractivity contribution < 1.29 is 105 Å². The molecule has 1 aromatic rings. The highest BCUT2D eigenvalue weighted by Gasteiger charge is 2.37. The maximum atomic E-state index is 15.2. The molecule has 1 rings (SSSR count). The van der Waals surface area contributed by atoms with E-state index < -0.39 is 223 Å². The van der Waals surface area contributed by atoms with Crippen molar-refractivity contribution in [3.63, 3.8) is 0 Å². The van der Waals surface area contributed by atoms with E-state index in [1.54, 1.807) is 13.8 Å². The van der Waals surface area contributed by atoms with Gasteiger partial charge in [0.05, 0.1) is 0 Å². The van der Waals surface area contributed by atoms with Crippen molar-refractivity contribution >= 4 is 77.0 Å². The van der Waals surface area contributed by atoms with Crippen LogP contribution >= 0.6 is 0 Å². The highest BCUT2D eigenvalue weighted by Crippen LogP contribution is 2.25. The van der Waals surface area contributed by atoms with E-state index in [1.165, 1.54) is 58.8 Å². The number of carbonyl (C=O) groups excluding carboxylic acids is 9. The zero-order valence-corrected chi connectivity index (χ0v) is 52.2. The minimum Gasteiger partial charge on any atom is -0.481 e. The highest BCUT2D eigenvalue weighted by atomic mass is 19.2. The Morgan fingerprint density at radius 2 is 0.633 bits per heavy atom. The zero-order valence-electron chi connectivity index (χ0n) is 52.2. The van der Waals surface area contributed by atoms with Gasteiger partial charge >= 0.3 is 23.9 Å². The highest BCUT2D eigenvalue weighted by molar-refractivity contribution is 5.98. The Hall–Kier alpha value is -8.02. The second kappa shape index (κ2) is 41.3. The molecule has 0 saturated heterocycles. The van der Waals surface area contributed by atoms with Crippen LogP contribution in [0.15, 0.2) is 0 Å². The third-order valence-corrected chi connectivity index (χ3v) is 14.4. The molecule has 0 saturated carbocycles. The lowest BCUT2D eigenvalue weighted by Crippen LogP contribution is -2.60. The molecule has 0 aliphatic heterocycles. The molecule has 0 heterocycles. The first-order valence-electron chi connectivity index (χ1n) is 30.3. The van der Waals surface area contributed by atoms with Gasteiger partial charge in [-0.05, 0) is 58.3 Å². The molecule has 0 spiro atoms. The van der Waals surface area contributed by atoms with Crippen LogP contribution in [0, 0.1) is 40.9 Å². The smallest absolute Gasteiger partial charge is 0.326 e. The van der Waals surface area contributed by atoms with Gasteiger partial charge in [0.2, 0.25) is 59.0 Å². The molecular formula is C59H90F5N9O17. The molecule has 508 valence electrons. The number of benzene rings is 1. The van der Waals surface area contributed by atoms with Gasteiger partial charge in [-0.25, -0.2) is 26.7 Å². The Labute approximate surface area is 519 Å². The summed E-state index contributed by atoms with van der Waals surface area (Å²) in [6, 6.07) is -15.4. The molecular weight excluding hydrogens is 1200 g/mol. The summed E-state index contributed by atoms with van der Waals surface area (Å²) in [5, 5.41) is 57.2. The van der Waals surface area contributed by atoms with E-state index >= 15 is 8.78 Å². The summed E-state index contributed by atoms with van der Waals surface area (Å²) in [6.45, 7) is 11.5. The zero-order chi connectivity index (χ0) is 68.5. The molecule has 9 amide bonds. The maximum Gasteiger partial charge on any atom is 0.326 e. The van der Waals surface area contributed by atoms with Crippen molar-refractivity contribution in [2.75, 3.05) is 0 Å². The van der Waals surface area contributed by atoms with E-state index in [0.29, 0.717) is 6.42 Å². The number of aliphatic carboxylic acids is 4. The Bertz CT molecular complexity index is 2620. The number of rotatable bonds is 45. The SMILES string of the molecule is CCCCCCCCCCCCCCCC(=O)N[C@H](C(=O)N[C@H](C(=O)N[C@@H](Cc1c(F)c(F)c(F)c(F)c1F)C(=O)N[C@@H](C)C(=O)N[C@@H](C)C(=O)N[C@@H](C)C(=O)N[C@@H](CCC(=O)O)C(=O)N[C@@H](CCC(=O)O)C(=O)N[C@@H](CCC(=O)O)C(=O)O)C(C)C)C(C)C. The van der Waals surface area contributed by atoms with Crippen LogP contribution in [0.1, 0.15) is 189 Å². The van der Waals surface area contributed by atoms with E-state index in [4.69, 9.17) is 5.11 Å². The van der Waals surface area contributed by atoms with Crippen LogP contribution in [0.4, 0.5) is 22.0 Å². The van der Waals surface area contributed by atoms with E-state index in [1.807, 2.05) is 5.32 Å². The average Bonchev–Trinajstić information content (AvgIpc) is 1.03. The van der Waals surface area contributed by atoms with Gasteiger partial charge in [0, 0.05) is 37.7 Å². The largest absolute Gasteiger partial charge is 0.481 e. The van der Waals surface area contributed by atoms with Crippen LogP contribution in [0.5, 0.6) is 0 Å². The summed E-state index contributed by atoms with van der Waals surface area (Å²) in [4.78, 5) is 167. The van der Waals surface area contributed by atoms with Gasteiger partial charge < -0.3 is 68.3 Å². The number of hydrogen-bond donors (Lipinski definition) is 13. The lowest BCUT2D eigenvalue weighted by atomic mass is 9.98. The van der Waals surface area contributed by atoms with Gasteiger partial charge in [0.25, 0.3) is 0 Å². The van der Waals surface area contributed by atoms with E-state index in [9.17, 15) is 90.8 Å². The van der Waals surface area contributed by atoms with Crippen LogP contribution in [-0.2, 0) is 68.7 Å². The number of carboxylic acids is 4. The number of carboxylic acid groups (broad SMARTS) is 4. The molecule has 0 aromatic heterocycles. The first-order valence-corrected chi connectivity index (χ1v) is 30.3. The number of hydrogen-bond acceptors (Lipinski definition) is 13. The van der Waals surface area contributed by atoms with E-state index in [-0.39, 0.29) is 6.42 Å². The minimum absolute atomic E-state index is 0.110. The Morgan fingerprint density at radius 1 is 0.333 bits per heavy atom. The Morgan fingerprint density at radius 3 is 1.02 bits per heavy atom.